The van der Waals surface area contributed by atoms with Crippen LogP contribution in [0.4, 0.5) is 0 Å². The number of aliphatic hydroxyl groups is 6. The summed E-state index contributed by atoms with van der Waals surface area (Å²) in [4.78, 5) is 0. The highest BCUT2D eigenvalue weighted by Crippen LogP contribution is 2.66. The number of hydrogen-bond donors (Lipinski definition) is 6. The van der Waals surface area contributed by atoms with Crippen LogP contribution in [0.2, 0.25) is 0 Å². The van der Waals surface area contributed by atoms with Gasteiger partial charge in [0.05, 0.1) is 60.7 Å². The Kier molecular flexibility index (Phi) is 11.5. The van der Waals surface area contributed by atoms with Gasteiger partial charge in [-0.1, -0.05) is 41.5 Å². The Morgan fingerprint density at radius 2 is 0.980 bits per heavy atom. The molecule has 0 spiro atoms. The first kappa shape index (κ1) is 40.1. The van der Waals surface area contributed by atoms with Crippen LogP contribution in [0, 0.1) is 45.3 Å². The minimum atomic E-state index is -1.09. The summed E-state index contributed by atoms with van der Waals surface area (Å²) in [6, 6.07) is 3.64. The fraction of sp³-hybridized carbons (Fsp3) is 0.800. The maximum atomic E-state index is 11.1. The third kappa shape index (κ3) is 6.49. The lowest BCUT2D eigenvalue weighted by atomic mass is 9.43. The van der Waals surface area contributed by atoms with Crippen LogP contribution in [0.25, 0.3) is 0 Å². The van der Waals surface area contributed by atoms with Crippen molar-refractivity contribution >= 4 is 0 Å². The standard InChI is InChI=1S/2C20H32O4.H2O/c2*1-13-7-9-19(3)16(5-6-17(22)20(19,4)23)18(13,2)11-15(21)14-8-10-24-12-14;/h2*8,10,12-13,15-17,21-23H,5-7,9,11H2,1-4H3;1H2/t2*13-,15+,16-,17-,18+,19-,20+;/m11./s1. The predicted molar refractivity (Wildman–Crippen MR) is 188 cm³/mol. The van der Waals surface area contributed by atoms with Crippen LogP contribution in [0.3, 0.4) is 0 Å². The molecule has 280 valence electrons. The smallest absolute Gasteiger partial charge is 0.0960 e. The van der Waals surface area contributed by atoms with E-state index in [1.54, 1.807) is 38.9 Å². The molecule has 49 heavy (non-hydrogen) atoms. The second-order valence-electron chi connectivity index (χ2n) is 17.9. The quantitative estimate of drug-likeness (QED) is 0.199. The summed E-state index contributed by atoms with van der Waals surface area (Å²) in [5.74, 6) is 1.47. The largest absolute Gasteiger partial charge is 0.472 e. The zero-order valence-electron chi connectivity index (χ0n) is 31.2. The predicted octanol–water partition coefficient (Wildman–Crippen LogP) is 6.51. The summed E-state index contributed by atoms with van der Waals surface area (Å²) in [7, 11) is 0. The van der Waals surface area contributed by atoms with Gasteiger partial charge in [-0.15, -0.1) is 0 Å². The zero-order valence-corrected chi connectivity index (χ0v) is 31.2. The normalized spacial score (nSPS) is 46.2. The maximum absolute atomic E-state index is 11.1. The molecule has 4 aliphatic carbocycles. The van der Waals surface area contributed by atoms with E-state index >= 15 is 0 Å². The summed E-state index contributed by atoms with van der Waals surface area (Å²) in [5.41, 5.74) is -1.38. The molecule has 9 heteroatoms. The monoisotopic (exact) mass is 690 g/mol. The first-order valence-electron chi connectivity index (χ1n) is 18.5. The molecular formula is C40H66O9. The van der Waals surface area contributed by atoms with Crippen LogP contribution in [-0.4, -0.2) is 59.5 Å². The molecule has 0 amide bonds. The highest BCUT2D eigenvalue weighted by atomic mass is 16.3. The number of aliphatic hydroxyl groups excluding tert-OH is 4. The Balaban J connectivity index is 0.000000216. The first-order chi connectivity index (χ1) is 22.3. The van der Waals surface area contributed by atoms with Crippen LogP contribution < -0.4 is 0 Å². The molecule has 4 saturated carbocycles. The molecule has 2 aromatic heterocycles. The van der Waals surface area contributed by atoms with Crippen molar-refractivity contribution in [1.82, 2.24) is 0 Å². The van der Waals surface area contributed by atoms with Crippen molar-refractivity contribution in [3.05, 3.63) is 48.3 Å². The number of rotatable bonds is 6. The molecule has 2 aromatic rings. The SMILES string of the molecule is C[C@@H]1CC[C@]2(C)[C@H](CC[C@@H](O)[C@]2(C)O)[C@@]1(C)C[C@H](O)c1ccoc1.C[C@@H]1CC[C@]2(C)[C@H](CC[C@@H](O)[C@]2(C)O)[C@@]1(C)C[C@H](O)c1ccoc1.O. The maximum Gasteiger partial charge on any atom is 0.0960 e. The molecule has 6 rings (SSSR count). The Labute approximate surface area is 293 Å². The van der Waals surface area contributed by atoms with Gasteiger partial charge in [0.15, 0.2) is 0 Å². The van der Waals surface area contributed by atoms with Gasteiger partial charge in [0.25, 0.3) is 0 Å². The third-order valence-electron chi connectivity index (χ3n) is 15.8. The highest BCUT2D eigenvalue weighted by Gasteiger charge is 2.64. The van der Waals surface area contributed by atoms with Gasteiger partial charge >= 0.3 is 0 Å². The van der Waals surface area contributed by atoms with E-state index < -0.39 is 35.6 Å². The van der Waals surface area contributed by atoms with E-state index in [0.29, 0.717) is 37.5 Å². The number of hydrogen-bond acceptors (Lipinski definition) is 8. The Morgan fingerprint density at radius 3 is 1.29 bits per heavy atom. The van der Waals surface area contributed by atoms with Gasteiger partial charge in [0, 0.05) is 22.0 Å². The Morgan fingerprint density at radius 1 is 0.633 bits per heavy atom. The fourth-order valence-corrected chi connectivity index (χ4v) is 11.3. The highest BCUT2D eigenvalue weighted by molar-refractivity contribution is 5.17. The van der Waals surface area contributed by atoms with E-state index in [-0.39, 0.29) is 39.0 Å². The fourth-order valence-electron chi connectivity index (χ4n) is 11.3. The molecule has 9 nitrogen and oxygen atoms in total. The molecule has 0 saturated heterocycles. The van der Waals surface area contributed by atoms with Gasteiger partial charge in [0.2, 0.25) is 0 Å². The Hall–Kier alpha value is -1.72. The van der Waals surface area contributed by atoms with Gasteiger partial charge in [-0.2, -0.15) is 0 Å². The summed E-state index contributed by atoms with van der Waals surface area (Å²) < 4.78 is 10.3. The van der Waals surface area contributed by atoms with E-state index in [0.717, 1.165) is 49.7 Å². The molecule has 0 aromatic carbocycles. The van der Waals surface area contributed by atoms with E-state index in [1.807, 2.05) is 12.1 Å². The van der Waals surface area contributed by atoms with Crippen LogP contribution in [0.15, 0.2) is 46.0 Å². The van der Waals surface area contributed by atoms with Gasteiger partial charge in [-0.3, -0.25) is 0 Å². The van der Waals surface area contributed by atoms with E-state index in [1.165, 1.54) is 0 Å². The first-order valence-corrected chi connectivity index (χ1v) is 18.5. The van der Waals surface area contributed by atoms with Crippen molar-refractivity contribution in [2.45, 2.75) is 155 Å². The summed E-state index contributed by atoms with van der Waals surface area (Å²) >= 11 is 0. The van der Waals surface area contributed by atoms with Gasteiger partial charge < -0.3 is 44.9 Å². The van der Waals surface area contributed by atoms with E-state index in [9.17, 15) is 30.6 Å². The van der Waals surface area contributed by atoms with Crippen LogP contribution in [0.5, 0.6) is 0 Å². The lowest BCUT2D eigenvalue weighted by Crippen LogP contribution is -2.65. The van der Waals surface area contributed by atoms with E-state index in [2.05, 4.69) is 41.5 Å². The molecule has 0 radical (unpaired) electrons. The molecule has 0 unspecified atom stereocenters. The van der Waals surface area contributed by atoms with Crippen molar-refractivity contribution < 1.29 is 44.9 Å². The van der Waals surface area contributed by atoms with Gasteiger partial charge in [-0.05, 0) is 125 Å². The van der Waals surface area contributed by atoms with Gasteiger partial charge in [-0.25, -0.2) is 0 Å². The Bertz CT molecular complexity index is 1240. The summed E-state index contributed by atoms with van der Waals surface area (Å²) in [5, 5.41) is 64.5. The topological polar surface area (TPSA) is 179 Å². The molecule has 4 aliphatic rings. The lowest BCUT2D eigenvalue weighted by Gasteiger charge is -2.64. The minimum Gasteiger partial charge on any atom is -0.472 e. The van der Waals surface area contributed by atoms with Crippen molar-refractivity contribution in [1.29, 1.82) is 0 Å². The average Bonchev–Trinajstić information content (AvgIpc) is 3.75. The lowest BCUT2D eigenvalue weighted by molar-refractivity contribution is -0.238. The van der Waals surface area contributed by atoms with Crippen molar-refractivity contribution in [2.75, 3.05) is 0 Å². The van der Waals surface area contributed by atoms with Crippen molar-refractivity contribution in [2.24, 2.45) is 45.3 Å². The average molecular weight is 691 g/mol. The number of fused-ring (bicyclic) bond motifs is 2. The molecular weight excluding hydrogens is 624 g/mol. The van der Waals surface area contributed by atoms with Gasteiger partial charge in [0.1, 0.15) is 0 Å². The minimum absolute atomic E-state index is 0. The summed E-state index contributed by atoms with van der Waals surface area (Å²) in [6.45, 7) is 16.9. The molecule has 4 fully saturated rings. The molecule has 2 heterocycles. The molecule has 8 N–H and O–H groups in total. The molecule has 0 bridgehead atoms. The molecule has 0 aliphatic heterocycles. The van der Waals surface area contributed by atoms with E-state index in [4.69, 9.17) is 8.83 Å². The van der Waals surface area contributed by atoms with Crippen molar-refractivity contribution in [3.63, 3.8) is 0 Å². The van der Waals surface area contributed by atoms with Crippen LogP contribution in [-0.2, 0) is 0 Å². The van der Waals surface area contributed by atoms with Crippen LogP contribution in [0.1, 0.15) is 143 Å². The van der Waals surface area contributed by atoms with Crippen molar-refractivity contribution in [3.8, 4) is 0 Å². The number of furan rings is 2. The van der Waals surface area contributed by atoms with Crippen LogP contribution >= 0.6 is 0 Å². The summed E-state index contributed by atoms with van der Waals surface area (Å²) in [6.07, 6.45) is 12.1. The zero-order chi connectivity index (χ0) is 35.5. The third-order valence-corrected chi connectivity index (χ3v) is 15.8. The second kappa shape index (κ2) is 14.0. The molecule has 14 atom stereocenters. The second-order valence-corrected chi connectivity index (χ2v) is 17.9.